The Bertz CT molecular complexity index is 3540. The van der Waals surface area contributed by atoms with Crippen LogP contribution in [-0.2, 0) is 0 Å². The summed E-state index contributed by atoms with van der Waals surface area (Å²) in [6.07, 6.45) is 0. The van der Waals surface area contributed by atoms with E-state index >= 15 is 0 Å². The van der Waals surface area contributed by atoms with Gasteiger partial charge in [0.2, 0.25) is 5.95 Å². The van der Waals surface area contributed by atoms with E-state index in [2.05, 4.69) is 174 Å². The summed E-state index contributed by atoms with van der Waals surface area (Å²) in [6, 6.07) is 73.7. The summed E-state index contributed by atoms with van der Waals surface area (Å²) >= 11 is 0. The third-order valence-corrected chi connectivity index (χ3v) is 11.8. The molecule has 0 saturated carbocycles. The number of hydrogen-bond acceptors (Lipinski definition) is 3. The summed E-state index contributed by atoms with van der Waals surface area (Å²) in [7, 11) is 0. The van der Waals surface area contributed by atoms with Crippen LogP contribution in [0.4, 0.5) is 0 Å². The Balaban J connectivity index is 1.19. The van der Waals surface area contributed by atoms with Gasteiger partial charge in [0, 0.05) is 21.9 Å². The minimum atomic E-state index is 0.577. The lowest BCUT2D eigenvalue weighted by Gasteiger charge is -2.14. The predicted octanol–water partition coefficient (Wildman–Crippen LogP) is 14.2. The molecule has 0 aliphatic rings. The van der Waals surface area contributed by atoms with Gasteiger partial charge < -0.3 is 0 Å². The van der Waals surface area contributed by atoms with Crippen molar-refractivity contribution in [2.45, 2.75) is 0 Å². The van der Waals surface area contributed by atoms with Crippen LogP contribution in [0.25, 0.3) is 116 Å². The maximum atomic E-state index is 5.25. The van der Waals surface area contributed by atoms with Crippen molar-refractivity contribution in [1.29, 1.82) is 0 Å². The van der Waals surface area contributed by atoms with Crippen LogP contribution in [0, 0.1) is 0 Å². The number of rotatable bonds is 5. The molecule has 12 aromatic rings. The van der Waals surface area contributed by atoms with Gasteiger partial charge in [0.05, 0.1) is 11.0 Å². The number of hydrogen-bond donors (Lipinski definition) is 0. The SMILES string of the molecule is c1ccc(-c2ccc3c(c2)c2cc4c5cc(-c6ccc7ccccc7c6)ccc5c5ccccc5c4cc2n3-c2nc(-c3ccccc3)nc(-c3ccccc3)n2)cc1. The van der Waals surface area contributed by atoms with Crippen molar-refractivity contribution in [3.63, 3.8) is 0 Å². The molecule has 10 aromatic carbocycles. The zero-order valence-electron chi connectivity index (χ0n) is 31.9. The van der Waals surface area contributed by atoms with Gasteiger partial charge in [0.1, 0.15) is 0 Å². The summed E-state index contributed by atoms with van der Waals surface area (Å²) < 4.78 is 2.24. The molecule has 0 spiro atoms. The van der Waals surface area contributed by atoms with Gasteiger partial charge in [0.15, 0.2) is 11.6 Å². The molecule has 4 heteroatoms. The lowest BCUT2D eigenvalue weighted by atomic mass is 9.90. The number of aromatic nitrogens is 4. The van der Waals surface area contributed by atoms with E-state index in [-0.39, 0.29) is 0 Å². The molecule has 0 unspecified atom stereocenters. The van der Waals surface area contributed by atoms with Crippen molar-refractivity contribution < 1.29 is 0 Å². The van der Waals surface area contributed by atoms with Crippen molar-refractivity contribution in [2.24, 2.45) is 0 Å². The van der Waals surface area contributed by atoms with Crippen LogP contribution in [0.3, 0.4) is 0 Å². The Labute approximate surface area is 340 Å². The second-order valence-corrected chi connectivity index (χ2v) is 15.2. The van der Waals surface area contributed by atoms with Gasteiger partial charge >= 0.3 is 0 Å². The molecule has 4 nitrogen and oxygen atoms in total. The molecular formula is C55H34N4. The fraction of sp³-hybridized carbons (Fsp3) is 0. The first-order valence-electron chi connectivity index (χ1n) is 20.0. The first-order chi connectivity index (χ1) is 29.2. The highest BCUT2D eigenvalue weighted by molar-refractivity contribution is 6.29. The first kappa shape index (κ1) is 33.2. The number of fused-ring (bicyclic) bond motifs is 10. The van der Waals surface area contributed by atoms with Crippen LogP contribution in [0.1, 0.15) is 0 Å². The van der Waals surface area contributed by atoms with Crippen LogP contribution in [0.2, 0.25) is 0 Å². The number of nitrogens with zero attached hydrogens (tertiary/aromatic N) is 4. The lowest BCUT2D eigenvalue weighted by Crippen LogP contribution is -2.06. The molecule has 0 saturated heterocycles. The Morgan fingerprint density at radius 2 is 0.729 bits per heavy atom. The van der Waals surface area contributed by atoms with E-state index in [4.69, 9.17) is 15.0 Å². The van der Waals surface area contributed by atoms with Gasteiger partial charge in [-0.25, -0.2) is 4.98 Å². The van der Waals surface area contributed by atoms with Crippen molar-refractivity contribution in [3.8, 4) is 51.0 Å². The zero-order chi connectivity index (χ0) is 38.9. The first-order valence-corrected chi connectivity index (χ1v) is 20.0. The standard InChI is InChI=1S/C55H34N4/c1-4-14-35(15-5-1)41-27-29-51-49(32-41)50-33-47-46-31-42(40-25-24-36-16-10-11-21-39(36)30-40)26-28-45(46)43-22-12-13-23-44(43)48(47)34-52(50)59(51)55-57-53(37-17-6-2-7-18-37)56-54(58-55)38-19-8-3-9-20-38/h1-34H. The fourth-order valence-electron chi connectivity index (χ4n) is 8.94. The highest BCUT2D eigenvalue weighted by Gasteiger charge is 2.21. The largest absolute Gasteiger partial charge is 0.278 e. The van der Waals surface area contributed by atoms with Crippen molar-refractivity contribution in [1.82, 2.24) is 19.5 Å². The van der Waals surface area contributed by atoms with Gasteiger partial charge in [-0.15, -0.1) is 0 Å². The van der Waals surface area contributed by atoms with Crippen LogP contribution in [-0.4, -0.2) is 19.5 Å². The molecule has 274 valence electrons. The highest BCUT2D eigenvalue weighted by Crippen LogP contribution is 2.43. The van der Waals surface area contributed by atoms with Crippen LogP contribution in [0.5, 0.6) is 0 Å². The molecule has 0 amide bonds. The lowest BCUT2D eigenvalue weighted by molar-refractivity contribution is 0.954. The molecule has 0 bridgehead atoms. The van der Waals surface area contributed by atoms with Crippen LogP contribution >= 0.6 is 0 Å². The molecule has 0 N–H and O–H groups in total. The predicted molar refractivity (Wildman–Crippen MR) is 246 cm³/mol. The van der Waals surface area contributed by atoms with E-state index in [1.807, 2.05) is 36.4 Å². The Morgan fingerprint density at radius 1 is 0.254 bits per heavy atom. The average molecular weight is 751 g/mol. The summed E-state index contributed by atoms with van der Waals surface area (Å²) in [6.45, 7) is 0. The Hall–Kier alpha value is -7.95. The highest BCUT2D eigenvalue weighted by atomic mass is 15.2. The minimum Gasteiger partial charge on any atom is -0.278 e. The van der Waals surface area contributed by atoms with Gasteiger partial charge in [-0.1, -0.05) is 170 Å². The van der Waals surface area contributed by atoms with E-state index in [0.717, 1.165) is 38.5 Å². The third-order valence-electron chi connectivity index (χ3n) is 11.8. The molecule has 0 atom stereocenters. The van der Waals surface area contributed by atoms with E-state index in [1.54, 1.807) is 0 Å². The maximum absolute atomic E-state index is 5.25. The third kappa shape index (κ3) is 5.49. The number of benzene rings is 10. The summed E-state index contributed by atoms with van der Waals surface area (Å²) in [5.41, 5.74) is 8.67. The molecule has 0 aliphatic heterocycles. The Kier molecular flexibility index (Phi) is 7.50. The van der Waals surface area contributed by atoms with Crippen molar-refractivity contribution in [2.75, 3.05) is 0 Å². The molecule has 2 aromatic heterocycles. The van der Waals surface area contributed by atoms with Crippen LogP contribution in [0.15, 0.2) is 206 Å². The van der Waals surface area contributed by atoms with Gasteiger partial charge in [-0.2, -0.15) is 9.97 Å². The van der Waals surface area contributed by atoms with Gasteiger partial charge in [-0.3, -0.25) is 4.57 Å². The molecule has 59 heavy (non-hydrogen) atoms. The quantitative estimate of drug-likeness (QED) is 0.165. The van der Waals surface area contributed by atoms with E-state index in [1.165, 1.54) is 59.8 Å². The second kappa shape index (κ2) is 13.3. The zero-order valence-corrected chi connectivity index (χ0v) is 31.9. The Morgan fingerprint density at radius 3 is 1.44 bits per heavy atom. The fourth-order valence-corrected chi connectivity index (χ4v) is 8.94. The molecule has 12 rings (SSSR count). The van der Waals surface area contributed by atoms with E-state index < -0.39 is 0 Å². The average Bonchev–Trinajstić information content (AvgIpc) is 3.64. The van der Waals surface area contributed by atoms with E-state index in [9.17, 15) is 0 Å². The van der Waals surface area contributed by atoms with Gasteiger partial charge in [-0.05, 0) is 102 Å². The molecular weight excluding hydrogens is 717 g/mol. The summed E-state index contributed by atoms with van der Waals surface area (Å²) in [4.78, 5) is 15.5. The monoisotopic (exact) mass is 750 g/mol. The molecule has 0 fully saturated rings. The normalized spacial score (nSPS) is 11.7. The van der Waals surface area contributed by atoms with Crippen LogP contribution < -0.4 is 0 Å². The van der Waals surface area contributed by atoms with Crippen molar-refractivity contribution in [3.05, 3.63) is 206 Å². The maximum Gasteiger partial charge on any atom is 0.238 e. The summed E-state index contributed by atoms with van der Waals surface area (Å²) in [5, 5.41) is 12.1. The van der Waals surface area contributed by atoms with E-state index in [0.29, 0.717) is 17.6 Å². The second-order valence-electron chi connectivity index (χ2n) is 15.2. The minimum absolute atomic E-state index is 0.577. The van der Waals surface area contributed by atoms with Crippen molar-refractivity contribution >= 4 is 64.9 Å². The summed E-state index contributed by atoms with van der Waals surface area (Å²) in [5.74, 6) is 1.83. The smallest absolute Gasteiger partial charge is 0.238 e. The molecule has 0 aliphatic carbocycles. The van der Waals surface area contributed by atoms with Gasteiger partial charge in [0.25, 0.3) is 0 Å². The molecule has 0 radical (unpaired) electrons. The molecule has 2 heterocycles. The topological polar surface area (TPSA) is 43.6 Å².